The van der Waals surface area contributed by atoms with Crippen molar-refractivity contribution in [3.8, 4) is 5.69 Å². The molecular weight excluding hydrogens is 514 g/mol. The third-order valence-corrected chi connectivity index (χ3v) is 7.45. The van der Waals surface area contributed by atoms with E-state index in [1.54, 1.807) is 11.0 Å². The number of carbonyl (C=O) groups is 1. The number of likely N-dealkylation sites (tertiary alicyclic amines) is 1. The van der Waals surface area contributed by atoms with Gasteiger partial charge in [0.2, 0.25) is 5.76 Å². The Morgan fingerprint density at radius 2 is 1.91 bits per heavy atom. The summed E-state index contributed by atoms with van der Waals surface area (Å²) in [6.45, 7) is 0.851. The van der Waals surface area contributed by atoms with Gasteiger partial charge in [0.25, 0.3) is 11.5 Å². The van der Waals surface area contributed by atoms with Crippen LogP contribution in [-0.2, 0) is 6.54 Å². The molecule has 1 aliphatic carbocycles. The molecule has 0 spiro atoms. The fourth-order valence-corrected chi connectivity index (χ4v) is 5.29. The number of benzene rings is 1. The van der Waals surface area contributed by atoms with Gasteiger partial charge in [0.15, 0.2) is 11.5 Å². The van der Waals surface area contributed by atoms with Crippen molar-refractivity contribution in [2.24, 2.45) is 0 Å². The summed E-state index contributed by atoms with van der Waals surface area (Å²) in [4.78, 5) is 36.5. The van der Waals surface area contributed by atoms with E-state index < -0.39 is 5.60 Å². The van der Waals surface area contributed by atoms with Crippen LogP contribution in [-0.4, -0.2) is 53.7 Å². The van der Waals surface area contributed by atoms with Gasteiger partial charge in [-0.2, -0.15) is 0 Å². The Balaban J connectivity index is 1.18. The van der Waals surface area contributed by atoms with Crippen LogP contribution in [0.1, 0.15) is 48.0 Å². The van der Waals surface area contributed by atoms with Crippen molar-refractivity contribution < 1.29 is 14.3 Å². The normalized spacial score (nSPS) is 17.7. The van der Waals surface area contributed by atoms with Gasteiger partial charge in [-0.05, 0) is 59.8 Å². The number of halogens is 1. The molecule has 0 atom stereocenters. The van der Waals surface area contributed by atoms with Gasteiger partial charge in [0.1, 0.15) is 6.33 Å². The Labute approximate surface area is 209 Å². The van der Waals surface area contributed by atoms with Crippen molar-refractivity contribution in [3.63, 3.8) is 0 Å². The monoisotopic (exact) mass is 537 g/mol. The number of piperidine rings is 1. The molecule has 4 aromatic rings. The molecule has 1 aromatic carbocycles. The van der Waals surface area contributed by atoms with Gasteiger partial charge in [-0.1, -0.05) is 18.2 Å². The number of aliphatic hydroxyl groups is 1. The van der Waals surface area contributed by atoms with Gasteiger partial charge in [-0.25, -0.2) is 9.97 Å². The van der Waals surface area contributed by atoms with Gasteiger partial charge in [-0.3, -0.25) is 18.7 Å². The first-order valence-corrected chi connectivity index (χ1v) is 12.5. The van der Waals surface area contributed by atoms with Crippen LogP contribution in [0.4, 0.5) is 0 Å². The SMILES string of the molecule is O=C(c1cnc(C2CC2)o1)N1CCC(O)(Cn2cnc3c(cc(Br)n3-c3ccccc3)c2=O)CC1. The van der Waals surface area contributed by atoms with E-state index in [4.69, 9.17) is 4.42 Å². The van der Waals surface area contributed by atoms with Crippen LogP contribution < -0.4 is 5.56 Å². The summed E-state index contributed by atoms with van der Waals surface area (Å²) in [6, 6.07) is 11.4. The molecule has 1 amide bonds. The molecule has 9 nitrogen and oxygen atoms in total. The first-order chi connectivity index (χ1) is 16.9. The molecule has 2 fully saturated rings. The Hall–Kier alpha value is -3.24. The van der Waals surface area contributed by atoms with Gasteiger partial charge in [0.05, 0.1) is 28.3 Å². The second kappa shape index (κ2) is 8.46. The zero-order chi connectivity index (χ0) is 24.2. The molecule has 10 heteroatoms. The molecule has 1 saturated heterocycles. The van der Waals surface area contributed by atoms with E-state index in [0.29, 0.717) is 48.8 Å². The molecule has 1 N–H and O–H groups in total. The number of hydrogen-bond acceptors (Lipinski definition) is 6. The van der Waals surface area contributed by atoms with E-state index in [1.807, 2.05) is 34.9 Å². The number of amides is 1. The fourth-order valence-electron chi connectivity index (χ4n) is 4.68. The highest BCUT2D eigenvalue weighted by Gasteiger charge is 2.36. The van der Waals surface area contributed by atoms with Gasteiger partial charge in [0, 0.05) is 24.7 Å². The minimum Gasteiger partial charge on any atom is -0.435 e. The lowest BCUT2D eigenvalue weighted by molar-refractivity contribution is -0.0304. The molecule has 6 rings (SSSR count). The van der Waals surface area contributed by atoms with Gasteiger partial charge < -0.3 is 14.4 Å². The number of carbonyl (C=O) groups excluding carboxylic acids is 1. The maximum absolute atomic E-state index is 13.3. The first-order valence-electron chi connectivity index (χ1n) is 11.7. The predicted octanol–water partition coefficient (Wildman–Crippen LogP) is 3.48. The Kier molecular flexibility index (Phi) is 5.37. The minimum atomic E-state index is -1.12. The third-order valence-electron chi connectivity index (χ3n) is 6.86. The molecule has 1 saturated carbocycles. The highest BCUT2D eigenvalue weighted by molar-refractivity contribution is 9.10. The van der Waals surface area contributed by atoms with Crippen LogP contribution in [0.2, 0.25) is 0 Å². The Morgan fingerprint density at radius 1 is 1.17 bits per heavy atom. The molecule has 0 bridgehead atoms. The number of hydrogen-bond donors (Lipinski definition) is 1. The van der Waals surface area contributed by atoms with Crippen LogP contribution in [0.5, 0.6) is 0 Å². The van der Waals surface area contributed by atoms with Crippen molar-refractivity contribution >= 4 is 32.9 Å². The largest absolute Gasteiger partial charge is 0.435 e. The summed E-state index contributed by atoms with van der Waals surface area (Å²) in [5, 5.41) is 11.7. The summed E-state index contributed by atoms with van der Waals surface area (Å²) in [7, 11) is 0. The third kappa shape index (κ3) is 4.10. The van der Waals surface area contributed by atoms with E-state index in [9.17, 15) is 14.7 Å². The van der Waals surface area contributed by atoms with Crippen molar-refractivity contribution in [1.29, 1.82) is 0 Å². The minimum absolute atomic E-state index is 0.110. The lowest BCUT2D eigenvalue weighted by atomic mass is 9.91. The highest BCUT2D eigenvalue weighted by Crippen LogP contribution is 2.39. The molecule has 1 aliphatic heterocycles. The van der Waals surface area contributed by atoms with E-state index in [2.05, 4.69) is 25.9 Å². The van der Waals surface area contributed by atoms with Gasteiger partial charge >= 0.3 is 0 Å². The molecule has 2 aliphatic rings. The number of nitrogens with zero attached hydrogens (tertiary/aromatic N) is 5. The highest BCUT2D eigenvalue weighted by atomic mass is 79.9. The standard InChI is InChI=1S/C25H24BrN5O4/c26-20-12-18-21(31(20)17-4-2-1-3-5-17)28-15-30(23(18)32)14-25(34)8-10-29(11-9-25)24(33)19-13-27-22(35-19)16-6-7-16/h1-5,12-13,15-16,34H,6-11,14H2. The van der Waals surface area contributed by atoms with E-state index >= 15 is 0 Å². The molecule has 0 radical (unpaired) electrons. The van der Waals surface area contributed by atoms with E-state index in [1.165, 1.54) is 17.1 Å². The topological polar surface area (TPSA) is 106 Å². The molecule has 0 unspecified atom stereocenters. The van der Waals surface area contributed by atoms with Crippen LogP contribution in [0.15, 0.2) is 62.7 Å². The molecule has 3 aromatic heterocycles. The summed E-state index contributed by atoms with van der Waals surface area (Å²) in [5.41, 5.74) is 0.113. The average Bonchev–Trinajstić information content (AvgIpc) is 3.49. The van der Waals surface area contributed by atoms with Crippen LogP contribution in [0.3, 0.4) is 0 Å². The number of oxazole rings is 1. The second-order valence-corrected chi connectivity index (χ2v) is 10.2. The summed E-state index contributed by atoms with van der Waals surface area (Å²) in [6.07, 6.45) is 5.79. The van der Waals surface area contributed by atoms with Gasteiger partial charge in [-0.15, -0.1) is 0 Å². The summed E-state index contributed by atoms with van der Waals surface area (Å²) >= 11 is 3.54. The zero-order valence-electron chi connectivity index (χ0n) is 18.9. The quantitative estimate of drug-likeness (QED) is 0.417. The number of para-hydroxylation sites is 1. The lowest BCUT2D eigenvalue weighted by Gasteiger charge is -2.38. The second-order valence-electron chi connectivity index (χ2n) is 9.41. The molecule has 4 heterocycles. The van der Waals surface area contributed by atoms with Crippen LogP contribution >= 0.6 is 15.9 Å². The van der Waals surface area contributed by atoms with E-state index in [-0.39, 0.29) is 23.8 Å². The van der Waals surface area contributed by atoms with Crippen molar-refractivity contribution in [2.75, 3.05) is 13.1 Å². The number of fused-ring (bicyclic) bond motifs is 1. The fraction of sp³-hybridized carbons (Fsp3) is 0.360. The lowest BCUT2D eigenvalue weighted by Crippen LogP contribution is -2.49. The molecular formula is C25H24BrN5O4. The molecule has 180 valence electrons. The summed E-state index contributed by atoms with van der Waals surface area (Å²) < 4.78 is 9.70. The van der Waals surface area contributed by atoms with Crippen LogP contribution in [0, 0.1) is 0 Å². The maximum Gasteiger partial charge on any atom is 0.291 e. The number of rotatable bonds is 5. The van der Waals surface area contributed by atoms with Crippen molar-refractivity contribution in [2.45, 2.75) is 43.7 Å². The average molecular weight is 538 g/mol. The summed E-state index contributed by atoms with van der Waals surface area (Å²) in [5.74, 6) is 1.02. The molecule has 35 heavy (non-hydrogen) atoms. The first kappa shape index (κ1) is 22.2. The van der Waals surface area contributed by atoms with Crippen LogP contribution in [0.25, 0.3) is 16.7 Å². The Bertz CT molecular complexity index is 1460. The van der Waals surface area contributed by atoms with E-state index in [0.717, 1.165) is 23.1 Å². The van der Waals surface area contributed by atoms with Crippen molar-refractivity contribution in [1.82, 2.24) is 24.0 Å². The van der Waals surface area contributed by atoms with Crippen molar-refractivity contribution in [3.05, 3.63) is 75.5 Å². The predicted molar refractivity (Wildman–Crippen MR) is 132 cm³/mol. The zero-order valence-corrected chi connectivity index (χ0v) is 20.5. The maximum atomic E-state index is 13.3. The number of aromatic nitrogens is 4. The Morgan fingerprint density at radius 3 is 2.63 bits per heavy atom. The smallest absolute Gasteiger partial charge is 0.291 e.